The number of thioether (sulfide) groups is 2. The highest BCUT2D eigenvalue weighted by atomic mass is 32.2. The van der Waals surface area contributed by atoms with Crippen LogP contribution in [0.4, 0.5) is 0 Å². The minimum absolute atomic E-state index is 0.289. The van der Waals surface area contributed by atoms with E-state index in [9.17, 15) is 18.0 Å². The highest BCUT2D eigenvalue weighted by Gasteiger charge is 2.45. The molecule has 2 N–H and O–H groups in total. The van der Waals surface area contributed by atoms with Crippen LogP contribution in [0.2, 0.25) is 0 Å². The molecular weight excluding hydrogens is 392 g/mol. The third-order valence-electron chi connectivity index (χ3n) is 3.21. The number of hydrogen-bond donors (Lipinski definition) is 2. The van der Waals surface area contributed by atoms with Crippen LogP contribution in [-0.4, -0.2) is 51.5 Å². The Balaban J connectivity index is 2.09. The number of amides is 2. The van der Waals surface area contributed by atoms with Crippen LogP contribution in [0, 0.1) is 0 Å². The Bertz CT molecular complexity index is 753. The molecule has 7 nitrogen and oxygen atoms in total. The first-order valence-electron chi connectivity index (χ1n) is 6.63. The van der Waals surface area contributed by atoms with Gasteiger partial charge in [-0.3, -0.25) is 14.1 Å². The van der Waals surface area contributed by atoms with Crippen LogP contribution < -0.4 is 5.32 Å². The molecule has 2 amide bonds. The lowest BCUT2D eigenvalue weighted by Gasteiger charge is -2.36. The average Bonchev–Trinajstić information content (AvgIpc) is 2.54. The molecule has 0 bridgehead atoms. The lowest BCUT2D eigenvalue weighted by atomic mass is 10.1. The van der Waals surface area contributed by atoms with Gasteiger partial charge in [-0.25, -0.2) is 4.31 Å². The average molecular weight is 407 g/mol. The molecule has 0 saturated carbocycles. The Morgan fingerprint density at radius 1 is 1.42 bits per heavy atom. The minimum atomic E-state index is -4.58. The summed E-state index contributed by atoms with van der Waals surface area (Å²) in [5.41, 5.74) is 0.717. The number of β-lactam (4-membered cyclic amide) rings is 1. The lowest BCUT2D eigenvalue weighted by molar-refractivity contribution is -0.140. The van der Waals surface area contributed by atoms with Gasteiger partial charge in [-0.05, 0) is 11.8 Å². The van der Waals surface area contributed by atoms with Gasteiger partial charge in [0.05, 0.1) is 6.54 Å². The molecule has 1 aromatic carbocycles. The third-order valence-corrected chi connectivity index (χ3v) is 6.92. The smallest absolute Gasteiger partial charge is 0.341 e. The summed E-state index contributed by atoms with van der Waals surface area (Å²) in [5.74, 6) is -1.31. The molecule has 0 spiro atoms. The van der Waals surface area contributed by atoms with Crippen LogP contribution in [0.25, 0.3) is 0 Å². The van der Waals surface area contributed by atoms with Crippen molar-refractivity contribution in [2.45, 2.75) is 11.3 Å². The molecule has 0 aromatic heterocycles. The predicted octanol–water partition coefficient (Wildman–Crippen LogP) is 1.24. The summed E-state index contributed by atoms with van der Waals surface area (Å²) >= 11 is 7.67. The second-order valence-electron chi connectivity index (χ2n) is 4.77. The van der Waals surface area contributed by atoms with Gasteiger partial charge in [0.2, 0.25) is 5.91 Å². The fraction of sp³-hybridized carbons (Fsp3) is 0.308. The summed E-state index contributed by atoms with van der Waals surface area (Å²) in [5, 5.41) is 1.85. The van der Waals surface area contributed by atoms with E-state index in [-0.39, 0.29) is 6.54 Å². The maximum Gasteiger partial charge on any atom is 0.362 e. The van der Waals surface area contributed by atoms with E-state index in [1.54, 1.807) is 30.5 Å². The van der Waals surface area contributed by atoms with Gasteiger partial charge in [0.1, 0.15) is 14.8 Å². The molecule has 1 aromatic rings. The van der Waals surface area contributed by atoms with Crippen molar-refractivity contribution in [1.82, 2.24) is 9.62 Å². The van der Waals surface area contributed by atoms with E-state index in [0.29, 0.717) is 7.83 Å². The van der Waals surface area contributed by atoms with Crippen LogP contribution in [0.15, 0.2) is 30.3 Å². The van der Waals surface area contributed by atoms with E-state index in [2.05, 4.69) is 5.32 Å². The maximum absolute atomic E-state index is 12.5. The number of nitrogens with one attached hydrogen (secondary N) is 1. The van der Waals surface area contributed by atoms with Gasteiger partial charge >= 0.3 is 10.3 Å². The van der Waals surface area contributed by atoms with Crippen molar-refractivity contribution in [1.29, 1.82) is 0 Å². The van der Waals surface area contributed by atoms with Crippen molar-refractivity contribution in [2.24, 2.45) is 0 Å². The molecule has 0 aliphatic carbocycles. The Hall–Kier alpha value is -1.14. The van der Waals surface area contributed by atoms with E-state index in [1.807, 2.05) is 6.07 Å². The first kappa shape index (κ1) is 19.2. The van der Waals surface area contributed by atoms with Crippen LogP contribution >= 0.6 is 35.7 Å². The second kappa shape index (κ2) is 7.83. The van der Waals surface area contributed by atoms with Gasteiger partial charge in [-0.15, -0.1) is 11.8 Å². The topological polar surface area (TPSA) is 104 Å². The van der Waals surface area contributed by atoms with Gasteiger partial charge < -0.3 is 5.32 Å². The van der Waals surface area contributed by atoms with Crippen LogP contribution in [0.1, 0.15) is 10.8 Å². The molecule has 1 aliphatic rings. The summed E-state index contributed by atoms with van der Waals surface area (Å²) in [4.78, 5) is 24.2. The van der Waals surface area contributed by atoms with Crippen LogP contribution in [-0.2, 0) is 19.9 Å². The lowest BCUT2D eigenvalue weighted by Crippen LogP contribution is -2.65. The number of carbonyl (C=O) groups is 2. The Morgan fingerprint density at radius 2 is 2.04 bits per heavy atom. The molecule has 2 unspecified atom stereocenters. The number of thiocarbonyl (C=S) groups is 1. The molecule has 1 heterocycles. The van der Waals surface area contributed by atoms with E-state index >= 15 is 0 Å². The van der Waals surface area contributed by atoms with E-state index in [4.69, 9.17) is 16.8 Å². The van der Waals surface area contributed by atoms with E-state index < -0.39 is 33.4 Å². The second-order valence-corrected chi connectivity index (χ2v) is 9.22. The Kier molecular flexibility index (Phi) is 6.26. The van der Waals surface area contributed by atoms with Gasteiger partial charge in [-0.1, -0.05) is 54.3 Å². The first-order chi connectivity index (χ1) is 11.2. The molecule has 1 saturated heterocycles. The van der Waals surface area contributed by atoms with Crippen molar-refractivity contribution in [3.63, 3.8) is 0 Å². The maximum atomic E-state index is 12.5. The largest absolute Gasteiger partial charge is 0.362 e. The molecule has 1 aliphatic heterocycles. The van der Waals surface area contributed by atoms with E-state index in [0.717, 1.165) is 5.56 Å². The molecule has 11 heteroatoms. The molecule has 0 radical (unpaired) electrons. The zero-order chi connectivity index (χ0) is 17.9. The number of carbonyl (C=O) groups excluding carboxylic acids is 2. The Labute approximate surface area is 153 Å². The molecular formula is C13H14N2O5S4. The SMILES string of the molecule is CSC(=S)SC(C(=O)NC1CN(S(=O)(=O)O)C1=O)c1ccccc1. The number of nitrogens with zero attached hydrogens (tertiary/aromatic N) is 1. The van der Waals surface area contributed by atoms with Crippen LogP contribution in [0.3, 0.4) is 0 Å². The van der Waals surface area contributed by atoms with Crippen molar-refractivity contribution >= 4 is 61.4 Å². The number of benzene rings is 1. The normalized spacial score (nSPS) is 18.7. The van der Waals surface area contributed by atoms with Gasteiger partial charge in [0, 0.05) is 0 Å². The molecule has 2 rings (SSSR count). The van der Waals surface area contributed by atoms with Crippen molar-refractivity contribution in [3.8, 4) is 0 Å². The summed E-state index contributed by atoms with van der Waals surface area (Å²) in [6.07, 6.45) is 1.80. The summed E-state index contributed by atoms with van der Waals surface area (Å²) < 4.78 is 31.5. The first-order valence-corrected chi connectivity index (χ1v) is 10.5. The highest BCUT2D eigenvalue weighted by Crippen LogP contribution is 2.33. The molecule has 24 heavy (non-hydrogen) atoms. The Morgan fingerprint density at radius 3 is 2.54 bits per heavy atom. The summed E-state index contributed by atoms with van der Waals surface area (Å²) in [6, 6.07) is 7.95. The molecule has 2 atom stereocenters. The van der Waals surface area contributed by atoms with Gasteiger partial charge in [-0.2, -0.15) is 8.42 Å². The van der Waals surface area contributed by atoms with Gasteiger partial charge in [0.25, 0.3) is 5.91 Å². The van der Waals surface area contributed by atoms with E-state index in [1.165, 1.54) is 23.5 Å². The zero-order valence-corrected chi connectivity index (χ0v) is 15.7. The summed E-state index contributed by atoms with van der Waals surface area (Å²) in [7, 11) is -4.58. The predicted molar refractivity (Wildman–Crippen MR) is 98.1 cm³/mol. The highest BCUT2D eigenvalue weighted by molar-refractivity contribution is 8.47. The molecule has 130 valence electrons. The monoisotopic (exact) mass is 406 g/mol. The molecule has 1 fully saturated rings. The standard InChI is InChI=1S/C13H14N2O5S4/c1-22-13(21)23-10(8-5-3-2-4-6-8)11(16)14-9-7-15(12(9)17)24(18,19)20/h2-6,9-10H,7H2,1H3,(H,14,16)(H,18,19,20). The number of hydrogen-bond acceptors (Lipinski definition) is 7. The fourth-order valence-electron chi connectivity index (χ4n) is 2.00. The van der Waals surface area contributed by atoms with Crippen molar-refractivity contribution in [3.05, 3.63) is 35.9 Å². The van der Waals surface area contributed by atoms with Crippen molar-refractivity contribution < 1.29 is 22.6 Å². The van der Waals surface area contributed by atoms with Gasteiger partial charge in [0.15, 0.2) is 0 Å². The number of rotatable bonds is 5. The zero-order valence-electron chi connectivity index (χ0n) is 12.4. The third kappa shape index (κ3) is 4.48. The minimum Gasteiger partial charge on any atom is -0.341 e. The van der Waals surface area contributed by atoms with Crippen LogP contribution in [0.5, 0.6) is 0 Å². The summed E-state index contributed by atoms with van der Waals surface area (Å²) in [6.45, 7) is -0.289. The van der Waals surface area contributed by atoms with Crippen molar-refractivity contribution in [2.75, 3.05) is 12.8 Å². The fourth-order valence-corrected chi connectivity index (χ4v) is 4.32. The quantitative estimate of drug-likeness (QED) is 0.428.